The number of esters is 1. The summed E-state index contributed by atoms with van der Waals surface area (Å²) in [6, 6.07) is 14.0. The predicted octanol–water partition coefficient (Wildman–Crippen LogP) is 4.48. The van der Waals surface area contributed by atoms with Crippen LogP contribution in [0.5, 0.6) is 11.5 Å². The van der Waals surface area contributed by atoms with Crippen LogP contribution in [0, 0.1) is 0 Å². The number of rotatable bonds is 8. The lowest BCUT2D eigenvalue weighted by Crippen LogP contribution is -2.34. The summed E-state index contributed by atoms with van der Waals surface area (Å²) >= 11 is 1.49. The van der Waals surface area contributed by atoms with Gasteiger partial charge < -0.3 is 24.4 Å². The summed E-state index contributed by atoms with van der Waals surface area (Å²) in [5.74, 6) is 0.538. The van der Waals surface area contributed by atoms with Crippen LogP contribution in [0.25, 0.3) is 0 Å². The Kier molecular flexibility index (Phi) is 7.22. The number of methoxy groups -OCH3 is 1. The molecule has 1 amide bonds. The molecule has 0 aliphatic carbocycles. The fraction of sp³-hybridized carbons (Fsp3) is 0.240. The van der Waals surface area contributed by atoms with Gasteiger partial charge in [0.15, 0.2) is 11.8 Å². The van der Waals surface area contributed by atoms with E-state index in [-0.39, 0.29) is 19.1 Å². The highest BCUT2D eigenvalue weighted by Gasteiger charge is 2.37. The zero-order chi connectivity index (χ0) is 24.1. The van der Waals surface area contributed by atoms with Crippen LogP contribution in [-0.4, -0.2) is 42.3 Å². The second-order valence-electron chi connectivity index (χ2n) is 7.46. The van der Waals surface area contributed by atoms with Crippen molar-refractivity contribution in [3.63, 3.8) is 0 Å². The Morgan fingerprint density at radius 2 is 1.94 bits per heavy atom. The molecule has 4 rings (SSSR count). The van der Waals surface area contributed by atoms with Gasteiger partial charge in [-0.25, -0.2) is 9.79 Å². The number of amides is 1. The first-order valence-electron chi connectivity index (χ1n) is 10.7. The first kappa shape index (κ1) is 23.4. The van der Waals surface area contributed by atoms with E-state index in [1.807, 2.05) is 41.6 Å². The van der Waals surface area contributed by atoms with Crippen LogP contribution in [0.15, 0.2) is 76.4 Å². The Hall–Kier alpha value is -3.72. The van der Waals surface area contributed by atoms with Gasteiger partial charge in [0.05, 0.1) is 31.0 Å². The number of allylic oxidation sites excluding steroid dienone is 1. The maximum Gasteiger partial charge on any atom is 0.338 e. The van der Waals surface area contributed by atoms with Gasteiger partial charge in [-0.15, -0.1) is 0 Å². The zero-order valence-electron chi connectivity index (χ0n) is 19.1. The molecule has 1 atom stereocenters. The first-order valence-corrected chi connectivity index (χ1v) is 11.6. The number of nitrogens with zero attached hydrogens (tertiary/aromatic N) is 2. The third-order valence-electron chi connectivity index (χ3n) is 5.23. The van der Waals surface area contributed by atoms with E-state index >= 15 is 0 Å². The minimum absolute atomic E-state index is 0.161. The summed E-state index contributed by atoms with van der Waals surface area (Å²) in [6.45, 7) is 3.70. The normalized spacial score (nSPS) is 16.6. The van der Waals surface area contributed by atoms with Crippen LogP contribution in [0.1, 0.15) is 25.5 Å². The highest BCUT2D eigenvalue weighted by atomic mass is 32.2. The van der Waals surface area contributed by atoms with Crippen molar-refractivity contribution in [2.45, 2.75) is 19.9 Å². The van der Waals surface area contributed by atoms with Crippen molar-refractivity contribution >= 4 is 34.5 Å². The van der Waals surface area contributed by atoms with E-state index in [1.54, 1.807) is 44.4 Å². The van der Waals surface area contributed by atoms with Crippen molar-refractivity contribution in [3.05, 3.63) is 77.0 Å². The molecule has 2 heterocycles. The summed E-state index contributed by atoms with van der Waals surface area (Å²) in [4.78, 5) is 31.7. The average molecular weight is 480 g/mol. The number of anilines is 1. The molecule has 0 fully saturated rings. The molecule has 2 aliphatic heterocycles. The fourth-order valence-electron chi connectivity index (χ4n) is 3.69. The minimum Gasteiger partial charge on any atom is -0.497 e. The number of thioether (sulfide) groups is 1. The largest absolute Gasteiger partial charge is 0.497 e. The Morgan fingerprint density at radius 3 is 2.68 bits per heavy atom. The Labute approximate surface area is 202 Å². The average Bonchev–Trinajstić information content (AvgIpc) is 3.30. The van der Waals surface area contributed by atoms with Crippen molar-refractivity contribution in [1.82, 2.24) is 4.90 Å². The summed E-state index contributed by atoms with van der Waals surface area (Å²) in [5.41, 5.74) is 2.58. The van der Waals surface area contributed by atoms with Crippen molar-refractivity contribution in [2.75, 3.05) is 25.6 Å². The van der Waals surface area contributed by atoms with E-state index in [1.165, 1.54) is 11.8 Å². The van der Waals surface area contributed by atoms with Gasteiger partial charge in [-0.05, 0) is 61.2 Å². The molecule has 1 N–H and O–H groups in total. The van der Waals surface area contributed by atoms with Gasteiger partial charge in [0.2, 0.25) is 0 Å². The molecule has 8 nitrogen and oxygen atoms in total. The smallest absolute Gasteiger partial charge is 0.338 e. The number of carbonyl (C=O) groups excluding carboxylic acids is 2. The molecule has 1 unspecified atom stereocenters. The minimum atomic E-state index is -0.408. The standard InChI is InChI=1S/C25H25N3O5S/c1-4-32-24(30)22-16(2)26-25-28(12-13-34-25)23(22)17-6-5-7-20(14-17)33-15-21(29)27-18-8-10-19(31-3)11-9-18/h5-14,23H,4,15H2,1-3H3,(H,27,29). The van der Waals surface area contributed by atoms with Gasteiger partial charge >= 0.3 is 5.97 Å². The third kappa shape index (κ3) is 5.09. The van der Waals surface area contributed by atoms with Gasteiger partial charge in [0, 0.05) is 11.9 Å². The maximum atomic E-state index is 12.8. The lowest BCUT2D eigenvalue weighted by atomic mass is 9.94. The van der Waals surface area contributed by atoms with E-state index in [9.17, 15) is 9.59 Å². The first-order chi connectivity index (χ1) is 16.5. The molecule has 176 valence electrons. The van der Waals surface area contributed by atoms with E-state index in [0.717, 1.165) is 10.7 Å². The molecule has 34 heavy (non-hydrogen) atoms. The fourth-order valence-corrected chi connectivity index (χ4v) is 4.48. The summed E-state index contributed by atoms with van der Waals surface area (Å²) in [5, 5.41) is 5.51. The van der Waals surface area contributed by atoms with Crippen LogP contribution in [0.4, 0.5) is 5.69 Å². The van der Waals surface area contributed by atoms with Crippen LogP contribution >= 0.6 is 11.8 Å². The molecule has 9 heteroatoms. The van der Waals surface area contributed by atoms with Crippen LogP contribution in [0.3, 0.4) is 0 Å². The van der Waals surface area contributed by atoms with E-state index in [2.05, 4.69) is 10.3 Å². The van der Waals surface area contributed by atoms with Crippen LogP contribution in [0.2, 0.25) is 0 Å². The van der Waals surface area contributed by atoms with Crippen LogP contribution in [-0.2, 0) is 14.3 Å². The molecule has 2 aromatic carbocycles. The number of hydrogen-bond acceptors (Lipinski definition) is 8. The van der Waals surface area contributed by atoms with Crippen molar-refractivity contribution < 1.29 is 23.8 Å². The Bertz CT molecular complexity index is 1170. The third-order valence-corrected chi connectivity index (χ3v) is 6.00. The van der Waals surface area contributed by atoms with E-state index in [0.29, 0.717) is 28.5 Å². The molecule has 0 bridgehead atoms. The zero-order valence-corrected chi connectivity index (χ0v) is 19.9. The number of amidine groups is 1. The van der Waals surface area contributed by atoms with E-state index < -0.39 is 12.0 Å². The molecular weight excluding hydrogens is 454 g/mol. The predicted molar refractivity (Wildman–Crippen MR) is 132 cm³/mol. The SMILES string of the molecule is CCOC(=O)C1=C(C)N=C2SC=CN2C1c1cccc(OCC(=O)Nc2ccc(OC)cc2)c1. The lowest BCUT2D eigenvalue weighted by molar-refractivity contribution is -0.139. The molecule has 0 radical (unpaired) electrons. The second kappa shape index (κ2) is 10.5. The van der Waals surface area contributed by atoms with Crippen molar-refractivity contribution in [3.8, 4) is 11.5 Å². The number of ether oxygens (including phenoxy) is 3. The Morgan fingerprint density at radius 1 is 1.15 bits per heavy atom. The molecular formula is C25H25N3O5S. The number of benzene rings is 2. The molecule has 0 saturated heterocycles. The number of nitrogens with one attached hydrogen (secondary N) is 1. The highest BCUT2D eigenvalue weighted by Crippen LogP contribution is 2.41. The van der Waals surface area contributed by atoms with Gasteiger partial charge in [0.25, 0.3) is 5.91 Å². The van der Waals surface area contributed by atoms with E-state index in [4.69, 9.17) is 14.2 Å². The maximum absolute atomic E-state index is 12.8. The molecule has 2 aliphatic rings. The van der Waals surface area contributed by atoms with Gasteiger partial charge in [0.1, 0.15) is 11.5 Å². The molecule has 2 aromatic rings. The quantitative estimate of drug-likeness (QED) is 0.559. The van der Waals surface area contributed by atoms with Gasteiger partial charge in [-0.1, -0.05) is 23.9 Å². The summed E-state index contributed by atoms with van der Waals surface area (Å²) in [6.07, 6.45) is 1.90. The van der Waals surface area contributed by atoms with Crippen molar-refractivity contribution in [2.24, 2.45) is 4.99 Å². The topological polar surface area (TPSA) is 89.5 Å². The lowest BCUT2D eigenvalue weighted by Gasteiger charge is -2.33. The molecule has 0 aromatic heterocycles. The number of aliphatic imine (C=N–C) groups is 1. The van der Waals surface area contributed by atoms with Crippen LogP contribution < -0.4 is 14.8 Å². The van der Waals surface area contributed by atoms with Gasteiger partial charge in [-0.2, -0.15) is 0 Å². The summed E-state index contributed by atoms with van der Waals surface area (Å²) < 4.78 is 16.2. The molecule has 0 spiro atoms. The Balaban J connectivity index is 1.50. The number of carbonyl (C=O) groups is 2. The molecule has 0 saturated carbocycles. The summed E-state index contributed by atoms with van der Waals surface area (Å²) in [7, 11) is 1.59. The monoisotopic (exact) mass is 479 g/mol. The van der Waals surface area contributed by atoms with Crippen molar-refractivity contribution in [1.29, 1.82) is 0 Å². The number of fused-ring (bicyclic) bond motifs is 1. The van der Waals surface area contributed by atoms with Gasteiger partial charge in [-0.3, -0.25) is 4.79 Å². The second-order valence-corrected chi connectivity index (χ2v) is 8.34. The highest BCUT2D eigenvalue weighted by molar-refractivity contribution is 8.16. The number of hydrogen-bond donors (Lipinski definition) is 1.